The number of ether oxygens (including phenoxy) is 1. The van der Waals surface area contributed by atoms with Gasteiger partial charge in [0.05, 0.1) is 12.4 Å². The summed E-state index contributed by atoms with van der Waals surface area (Å²) in [5, 5.41) is 0. The summed E-state index contributed by atoms with van der Waals surface area (Å²) in [6, 6.07) is 4.22. The molecule has 3 nitrogen and oxygen atoms in total. The molecule has 0 aliphatic rings. The maximum Gasteiger partial charge on any atom is 0.233 e. The Morgan fingerprint density at radius 2 is 2.00 bits per heavy atom. The predicted molar refractivity (Wildman–Crippen MR) is 74.6 cm³/mol. The second kappa shape index (κ2) is 6.57. The van der Waals surface area contributed by atoms with Gasteiger partial charge in [0, 0.05) is 16.6 Å². The largest absolute Gasteiger partial charge is 0.493 e. The van der Waals surface area contributed by atoms with Crippen LogP contribution in [0.2, 0.25) is 0 Å². The van der Waals surface area contributed by atoms with Crippen molar-refractivity contribution in [2.24, 2.45) is 11.8 Å². The van der Waals surface area contributed by atoms with Gasteiger partial charge in [-0.2, -0.15) is 0 Å². The number of halogens is 2. The van der Waals surface area contributed by atoms with Gasteiger partial charge in [-0.1, -0.05) is 13.8 Å². The molecule has 6 heteroatoms. The van der Waals surface area contributed by atoms with Crippen molar-refractivity contribution in [2.75, 3.05) is 12.4 Å². The topological polar surface area (TPSA) is 43.4 Å². The highest BCUT2D eigenvalue weighted by molar-refractivity contribution is 8.13. The molecular formula is C13H18ClFO3S. The molecule has 19 heavy (non-hydrogen) atoms. The first-order chi connectivity index (χ1) is 8.69. The first kappa shape index (κ1) is 16.2. The van der Waals surface area contributed by atoms with Crippen LogP contribution in [0.4, 0.5) is 4.39 Å². The molecule has 0 spiro atoms. The molecule has 1 unspecified atom stereocenters. The van der Waals surface area contributed by atoms with Gasteiger partial charge in [0.25, 0.3) is 0 Å². The summed E-state index contributed by atoms with van der Waals surface area (Å²) in [7, 11) is 1.72. The fourth-order valence-electron chi connectivity index (χ4n) is 1.66. The van der Waals surface area contributed by atoms with Crippen LogP contribution in [-0.2, 0) is 9.05 Å². The minimum Gasteiger partial charge on any atom is -0.493 e. The Bertz CT molecular complexity index is 529. The smallest absolute Gasteiger partial charge is 0.233 e. The number of benzene rings is 1. The van der Waals surface area contributed by atoms with Crippen LogP contribution in [0.5, 0.6) is 5.75 Å². The standard InChI is InChI=1S/C13H18ClFO3S/c1-9(2)11(8-19(14,16)17)7-18-13-5-4-12(15)6-10(13)3/h4-6,9,11H,7-8H2,1-3H3. The Kier molecular flexibility index (Phi) is 5.62. The lowest BCUT2D eigenvalue weighted by Gasteiger charge is -2.20. The predicted octanol–water partition coefficient (Wildman–Crippen LogP) is 3.35. The molecular weight excluding hydrogens is 291 g/mol. The molecule has 0 N–H and O–H groups in total. The van der Waals surface area contributed by atoms with E-state index in [1.165, 1.54) is 18.2 Å². The third-order valence-corrected chi connectivity index (χ3v) is 4.15. The van der Waals surface area contributed by atoms with Crippen molar-refractivity contribution in [2.45, 2.75) is 20.8 Å². The van der Waals surface area contributed by atoms with Crippen LogP contribution >= 0.6 is 10.7 Å². The van der Waals surface area contributed by atoms with Crippen LogP contribution in [0.3, 0.4) is 0 Å². The summed E-state index contributed by atoms with van der Waals surface area (Å²) in [5.74, 6) is 0.0146. The molecule has 0 saturated heterocycles. The summed E-state index contributed by atoms with van der Waals surface area (Å²) >= 11 is 0. The highest BCUT2D eigenvalue weighted by Gasteiger charge is 2.21. The van der Waals surface area contributed by atoms with Crippen molar-refractivity contribution in [3.05, 3.63) is 29.6 Å². The molecule has 0 fully saturated rings. The van der Waals surface area contributed by atoms with Crippen LogP contribution in [0.15, 0.2) is 18.2 Å². The fourth-order valence-corrected chi connectivity index (χ4v) is 3.14. The van der Waals surface area contributed by atoms with Crippen LogP contribution in [0.25, 0.3) is 0 Å². The third-order valence-electron chi connectivity index (χ3n) is 2.95. The zero-order valence-corrected chi connectivity index (χ0v) is 12.8. The van der Waals surface area contributed by atoms with Crippen molar-refractivity contribution in [3.8, 4) is 5.75 Å². The van der Waals surface area contributed by atoms with Gasteiger partial charge in [0.1, 0.15) is 11.6 Å². The van der Waals surface area contributed by atoms with E-state index >= 15 is 0 Å². The van der Waals surface area contributed by atoms with Crippen molar-refractivity contribution in [1.29, 1.82) is 0 Å². The lowest BCUT2D eigenvalue weighted by Crippen LogP contribution is -2.24. The fraction of sp³-hybridized carbons (Fsp3) is 0.538. The quantitative estimate of drug-likeness (QED) is 0.757. The average Bonchev–Trinajstić information content (AvgIpc) is 2.24. The Morgan fingerprint density at radius 3 is 2.47 bits per heavy atom. The molecule has 0 aliphatic carbocycles. The first-order valence-electron chi connectivity index (χ1n) is 6.00. The second-order valence-corrected chi connectivity index (χ2v) is 7.75. The number of hydrogen-bond donors (Lipinski definition) is 0. The molecule has 1 aromatic carbocycles. The molecule has 0 amide bonds. The highest BCUT2D eigenvalue weighted by Crippen LogP contribution is 2.22. The summed E-state index contributed by atoms with van der Waals surface area (Å²) in [6.45, 7) is 5.79. The molecule has 108 valence electrons. The average molecular weight is 309 g/mol. The van der Waals surface area contributed by atoms with Crippen molar-refractivity contribution >= 4 is 19.7 Å². The van der Waals surface area contributed by atoms with Crippen LogP contribution < -0.4 is 4.74 Å². The molecule has 1 atom stereocenters. The van der Waals surface area contributed by atoms with E-state index in [1.54, 1.807) is 6.92 Å². The van der Waals surface area contributed by atoms with Gasteiger partial charge >= 0.3 is 0 Å². The van der Waals surface area contributed by atoms with E-state index in [1.807, 2.05) is 13.8 Å². The monoisotopic (exact) mass is 308 g/mol. The van der Waals surface area contributed by atoms with E-state index in [0.29, 0.717) is 11.3 Å². The van der Waals surface area contributed by atoms with Gasteiger partial charge in [-0.3, -0.25) is 0 Å². The summed E-state index contributed by atoms with van der Waals surface area (Å²) in [5.41, 5.74) is 0.677. The van der Waals surface area contributed by atoms with Crippen LogP contribution in [0.1, 0.15) is 19.4 Å². The maximum atomic E-state index is 12.9. The SMILES string of the molecule is Cc1cc(F)ccc1OCC(CS(=O)(=O)Cl)C(C)C. The van der Waals surface area contributed by atoms with Gasteiger partial charge < -0.3 is 4.74 Å². The van der Waals surface area contributed by atoms with Gasteiger partial charge in [-0.25, -0.2) is 12.8 Å². The summed E-state index contributed by atoms with van der Waals surface area (Å²) < 4.78 is 40.8. The molecule has 0 aliphatic heterocycles. The zero-order chi connectivity index (χ0) is 14.6. The second-order valence-electron chi connectivity index (χ2n) is 4.93. The summed E-state index contributed by atoms with van der Waals surface area (Å²) in [4.78, 5) is 0. The molecule has 0 saturated carbocycles. The number of hydrogen-bond acceptors (Lipinski definition) is 3. The highest BCUT2D eigenvalue weighted by atomic mass is 35.7. The maximum absolute atomic E-state index is 12.9. The van der Waals surface area contributed by atoms with Crippen molar-refractivity contribution in [3.63, 3.8) is 0 Å². The Hall–Kier alpha value is -0.810. The van der Waals surface area contributed by atoms with Crippen molar-refractivity contribution in [1.82, 2.24) is 0 Å². The van der Waals surface area contributed by atoms with E-state index in [0.717, 1.165) is 0 Å². The van der Waals surface area contributed by atoms with E-state index in [9.17, 15) is 12.8 Å². The number of rotatable bonds is 6. The van der Waals surface area contributed by atoms with E-state index in [4.69, 9.17) is 15.4 Å². The van der Waals surface area contributed by atoms with Gasteiger partial charge in [-0.15, -0.1) is 0 Å². The van der Waals surface area contributed by atoms with E-state index in [2.05, 4.69) is 0 Å². The van der Waals surface area contributed by atoms with Gasteiger partial charge in [0.2, 0.25) is 9.05 Å². The zero-order valence-electron chi connectivity index (χ0n) is 11.2. The minimum atomic E-state index is -3.56. The molecule has 0 aromatic heterocycles. The van der Waals surface area contributed by atoms with E-state index in [-0.39, 0.29) is 30.0 Å². The van der Waals surface area contributed by atoms with E-state index < -0.39 is 9.05 Å². The summed E-state index contributed by atoms with van der Waals surface area (Å²) in [6.07, 6.45) is 0. The Balaban J connectivity index is 2.71. The third kappa shape index (κ3) is 5.78. The molecule has 1 aromatic rings. The molecule has 0 radical (unpaired) electrons. The van der Waals surface area contributed by atoms with Gasteiger partial charge in [-0.05, 0) is 36.6 Å². The van der Waals surface area contributed by atoms with Crippen LogP contribution in [-0.4, -0.2) is 20.8 Å². The molecule has 0 heterocycles. The normalized spacial score (nSPS) is 13.6. The lowest BCUT2D eigenvalue weighted by molar-refractivity contribution is 0.224. The minimum absolute atomic E-state index is 0.120. The Morgan fingerprint density at radius 1 is 1.37 bits per heavy atom. The first-order valence-corrected chi connectivity index (χ1v) is 8.48. The molecule has 0 bridgehead atoms. The van der Waals surface area contributed by atoms with Crippen LogP contribution in [0, 0.1) is 24.6 Å². The van der Waals surface area contributed by atoms with Gasteiger partial charge in [0.15, 0.2) is 0 Å². The lowest BCUT2D eigenvalue weighted by atomic mass is 9.99. The van der Waals surface area contributed by atoms with Crippen molar-refractivity contribution < 1.29 is 17.5 Å². The Labute approximate surface area is 118 Å². The molecule has 1 rings (SSSR count). The number of aryl methyl sites for hydroxylation is 1.